The van der Waals surface area contributed by atoms with Crippen molar-refractivity contribution in [1.82, 2.24) is 0 Å². The van der Waals surface area contributed by atoms with Gasteiger partial charge < -0.3 is 9.47 Å². The molecule has 0 saturated carbocycles. The van der Waals surface area contributed by atoms with Crippen molar-refractivity contribution < 1.29 is 9.47 Å². The van der Waals surface area contributed by atoms with E-state index in [-0.39, 0.29) is 0 Å². The van der Waals surface area contributed by atoms with Gasteiger partial charge in [-0.1, -0.05) is 35.0 Å². The largest absolute Gasteiger partial charge is 0.494 e. The summed E-state index contributed by atoms with van der Waals surface area (Å²) in [5.41, 5.74) is 1.21. The number of aryl methyl sites for hydroxylation is 1. The Morgan fingerprint density at radius 1 is 0.955 bits per heavy atom. The zero-order chi connectivity index (χ0) is 15.8. The summed E-state index contributed by atoms with van der Waals surface area (Å²) in [7, 11) is 0. The van der Waals surface area contributed by atoms with Crippen LogP contribution in [0.5, 0.6) is 11.5 Å². The predicted octanol–water partition coefficient (Wildman–Crippen LogP) is 5.88. The molecule has 22 heavy (non-hydrogen) atoms. The summed E-state index contributed by atoms with van der Waals surface area (Å²) in [6.07, 6.45) is 4.54. The fourth-order valence-electron chi connectivity index (χ4n) is 2.46. The number of halogens is 1. The summed E-state index contributed by atoms with van der Waals surface area (Å²) in [6, 6.07) is 10.5. The highest BCUT2D eigenvalue weighted by atomic mass is 79.9. The molecule has 0 aromatic heterocycles. The van der Waals surface area contributed by atoms with Gasteiger partial charge in [-0.15, -0.1) is 0 Å². The van der Waals surface area contributed by atoms with Gasteiger partial charge >= 0.3 is 0 Å². The normalized spacial score (nSPS) is 10.9. The molecular weight excluding hydrogens is 340 g/mol. The molecule has 0 radical (unpaired) electrons. The molecule has 2 aromatic rings. The van der Waals surface area contributed by atoms with E-state index in [1.807, 2.05) is 6.07 Å². The van der Waals surface area contributed by atoms with Crippen molar-refractivity contribution >= 4 is 26.7 Å². The summed E-state index contributed by atoms with van der Waals surface area (Å²) in [5, 5.41) is 3.52. The summed E-state index contributed by atoms with van der Waals surface area (Å²) in [5.74, 6) is 1.94. The van der Waals surface area contributed by atoms with E-state index in [1.165, 1.54) is 29.2 Å². The average molecular weight is 365 g/mol. The molecule has 2 aromatic carbocycles. The minimum absolute atomic E-state index is 0.764. The number of benzene rings is 2. The lowest BCUT2D eigenvalue weighted by molar-refractivity contribution is 0.305. The number of ether oxygens (including phenoxy) is 2. The quantitative estimate of drug-likeness (QED) is 0.408. The predicted molar refractivity (Wildman–Crippen MR) is 97.6 cm³/mol. The van der Waals surface area contributed by atoms with Crippen LogP contribution in [0.3, 0.4) is 0 Å². The molecule has 0 atom stereocenters. The lowest BCUT2D eigenvalue weighted by Gasteiger charge is -2.12. The fraction of sp³-hybridized carbons (Fsp3) is 0.474. The van der Waals surface area contributed by atoms with Gasteiger partial charge in [-0.2, -0.15) is 0 Å². The molecule has 0 heterocycles. The first-order chi connectivity index (χ1) is 10.8. The van der Waals surface area contributed by atoms with Crippen molar-refractivity contribution in [3.05, 3.63) is 35.9 Å². The smallest absolute Gasteiger partial charge is 0.122 e. The van der Waals surface area contributed by atoms with Gasteiger partial charge in [0, 0.05) is 5.33 Å². The topological polar surface area (TPSA) is 18.5 Å². The SMILES string of the molecule is CCCOc1ccc2c(C)c(OCCCCCBr)ccc2c1. The number of unbranched alkanes of at least 4 members (excludes halogenated alkanes) is 2. The molecule has 0 spiro atoms. The van der Waals surface area contributed by atoms with Crippen LogP contribution in [0.4, 0.5) is 0 Å². The standard InChI is InChI=1S/C19H25BrO2/c1-3-12-21-17-8-9-18-15(2)19(10-7-16(18)14-17)22-13-6-4-5-11-20/h7-10,14H,3-6,11-13H2,1-2H3. The maximum atomic E-state index is 5.94. The van der Waals surface area contributed by atoms with E-state index in [1.54, 1.807) is 0 Å². The molecule has 0 unspecified atom stereocenters. The van der Waals surface area contributed by atoms with Crippen molar-refractivity contribution in [1.29, 1.82) is 0 Å². The highest BCUT2D eigenvalue weighted by Gasteiger charge is 2.06. The van der Waals surface area contributed by atoms with Gasteiger partial charge in [-0.3, -0.25) is 0 Å². The van der Waals surface area contributed by atoms with E-state index in [0.29, 0.717) is 0 Å². The lowest BCUT2D eigenvalue weighted by Crippen LogP contribution is -1.99. The maximum absolute atomic E-state index is 5.94. The van der Waals surface area contributed by atoms with Crippen LogP contribution in [0.15, 0.2) is 30.3 Å². The Labute approximate surface area is 141 Å². The van der Waals surface area contributed by atoms with E-state index >= 15 is 0 Å². The van der Waals surface area contributed by atoms with Crippen LogP contribution in [0, 0.1) is 6.92 Å². The number of hydrogen-bond acceptors (Lipinski definition) is 2. The Hall–Kier alpha value is -1.22. The second-order valence-electron chi connectivity index (χ2n) is 5.52. The van der Waals surface area contributed by atoms with Crippen molar-refractivity contribution in [2.45, 2.75) is 39.5 Å². The number of hydrogen-bond donors (Lipinski definition) is 0. The van der Waals surface area contributed by atoms with Crippen molar-refractivity contribution in [2.75, 3.05) is 18.5 Å². The monoisotopic (exact) mass is 364 g/mol. The zero-order valence-electron chi connectivity index (χ0n) is 13.5. The molecule has 120 valence electrons. The maximum Gasteiger partial charge on any atom is 0.122 e. The van der Waals surface area contributed by atoms with Gasteiger partial charge in [0.2, 0.25) is 0 Å². The van der Waals surface area contributed by atoms with Crippen LogP contribution >= 0.6 is 15.9 Å². The van der Waals surface area contributed by atoms with E-state index in [4.69, 9.17) is 9.47 Å². The molecule has 0 aliphatic rings. The third kappa shape index (κ3) is 4.64. The van der Waals surface area contributed by atoms with Crippen molar-refractivity contribution in [3.8, 4) is 11.5 Å². The lowest BCUT2D eigenvalue weighted by atomic mass is 10.0. The van der Waals surface area contributed by atoms with Gasteiger partial charge in [0.05, 0.1) is 13.2 Å². The minimum Gasteiger partial charge on any atom is -0.494 e. The van der Waals surface area contributed by atoms with Crippen LogP contribution in [-0.4, -0.2) is 18.5 Å². The summed E-state index contributed by atoms with van der Waals surface area (Å²) in [6.45, 7) is 5.80. The molecule has 0 saturated heterocycles. The van der Waals surface area contributed by atoms with Crippen LogP contribution in [0.1, 0.15) is 38.2 Å². The summed E-state index contributed by atoms with van der Waals surface area (Å²) in [4.78, 5) is 0. The van der Waals surface area contributed by atoms with E-state index in [2.05, 4.69) is 54.0 Å². The van der Waals surface area contributed by atoms with Crippen LogP contribution in [-0.2, 0) is 0 Å². The van der Waals surface area contributed by atoms with Crippen molar-refractivity contribution in [2.24, 2.45) is 0 Å². The number of fused-ring (bicyclic) bond motifs is 1. The first-order valence-electron chi connectivity index (χ1n) is 8.11. The summed E-state index contributed by atoms with van der Waals surface area (Å²) < 4.78 is 11.6. The van der Waals surface area contributed by atoms with Gasteiger partial charge in [0.15, 0.2) is 0 Å². The molecule has 2 rings (SSSR count). The Morgan fingerprint density at radius 2 is 1.82 bits per heavy atom. The highest BCUT2D eigenvalue weighted by molar-refractivity contribution is 9.09. The highest BCUT2D eigenvalue weighted by Crippen LogP contribution is 2.30. The molecule has 0 aliphatic heterocycles. The van der Waals surface area contributed by atoms with E-state index < -0.39 is 0 Å². The molecule has 2 nitrogen and oxygen atoms in total. The van der Waals surface area contributed by atoms with E-state index in [9.17, 15) is 0 Å². The number of alkyl halides is 1. The van der Waals surface area contributed by atoms with Crippen LogP contribution in [0.2, 0.25) is 0 Å². The molecule has 0 bridgehead atoms. The Kier molecular flexibility index (Phi) is 7.04. The fourth-order valence-corrected chi connectivity index (χ4v) is 2.86. The van der Waals surface area contributed by atoms with E-state index in [0.717, 1.165) is 42.9 Å². The van der Waals surface area contributed by atoms with Gasteiger partial charge in [0.1, 0.15) is 11.5 Å². The first-order valence-corrected chi connectivity index (χ1v) is 9.23. The van der Waals surface area contributed by atoms with Crippen LogP contribution < -0.4 is 9.47 Å². The molecule has 3 heteroatoms. The average Bonchev–Trinajstić information content (AvgIpc) is 2.54. The van der Waals surface area contributed by atoms with Gasteiger partial charge in [-0.25, -0.2) is 0 Å². The molecule has 0 N–H and O–H groups in total. The van der Waals surface area contributed by atoms with Gasteiger partial charge in [-0.05, 0) is 67.1 Å². The molecule has 0 amide bonds. The minimum atomic E-state index is 0.764. The van der Waals surface area contributed by atoms with Gasteiger partial charge in [0.25, 0.3) is 0 Å². The Morgan fingerprint density at radius 3 is 2.59 bits per heavy atom. The Balaban J connectivity index is 2.06. The first kappa shape index (κ1) is 17.1. The zero-order valence-corrected chi connectivity index (χ0v) is 15.1. The molecule has 0 fully saturated rings. The second kappa shape index (κ2) is 9.04. The number of rotatable bonds is 9. The molecule has 0 aliphatic carbocycles. The van der Waals surface area contributed by atoms with Crippen molar-refractivity contribution in [3.63, 3.8) is 0 Å². The Bertz CT molecular complexity index is 595. The molecular formula is C19H25BrO2. The van der Waals surface area contributed by atoms with Crippen LogP contribution in [0.25, 0.3) is 10.8 Å². The second-order valence-corrected chi connectivity index (χ2v) is 6.31. The third-order valence-corrected chi connectivity index (χ3v) is 4.28. The summed E-state index contributed by atoms with van der Waals surface area (Å²) >= 11 is 3.46. The third-order valence-electron chi connectivity index (χ3n) is 3.72.